The molecule has 0 radical (unpaired) electrons. The number of anilines is 3. The number of phenols is 1. The van der Waals surface area contributed by atoms with E-state index in [9.17, 15) is 10.4 Å². The van der Waals surface area contributed by atoms with E-state index in [0.29, 0.717) is 15.6 Å². The summed E-state index contributed by atoms with van der Waals surface area (Å²) in [7, 11) is 0. The number of phenolic OH excluding ortho intramolecular Hbond substituents is 1. The molecule has 0 fully saturated rings. The zero-order chi connectivity index (χ0) is 18.1. The first-order valence-electron chi connectivity index (χ1n) is 6.93. The number of halogens is 1. The van der Waals surface area contributed by atoms with Crippen molar-refractivity contribution in [3.05, 3.63) is 39.4 Å². The van der Waals surface area contributed by atoms with Crippen LogP contribution in [-0.4, -0.2) is 16.1 Å². The highest BCUT2D eigenvalue weighted by molar-refractivity contribution is 9.10. The first kappa shape index (κ1) is 16.4. The maximum Gasteiger partial charge on any atom is 0.211 e. The Bertz CT molecular complexity index is 988. The van der Waals surface area contributed by atoms with E-state index in [1.165, 1.54) is 6.07 Å². The number of nitrogens with two attached hydrogens (primary N) is 2. The molecule has 1 atom stereocenters. The predicted molar refractivity (Wildman–Crippen MR) is 95.2 cm³/mol. The van der Waals surface area contributed by atoms with Crippen LogP contribution in [0.1, 0.15) is 22.7 Å². The number of nitrogens with zero attached hydrogens (tertiary/aromatic N) is 4. The number of hydrogen-bond acceptors (Lipinski definition) is 9. The molecule has 25 heavy (non-hydrogen) atoms. The second-order valence-corrected chi connectivity index (χ2v) is 6.02. The summed E-state index contributed by atoms with van der Waals surface area (Å²) in [5.74, 6) is 0.319. The van der Waals surface area contributed by atoms with Crippen LogP contribution in [0.15, 0.2) is 27.7 Å². The van der Waals surface area contributed by atoms with E-state index in [0.717, 1.165) is 0 Å². The van der Waals surface area contributed by atoms with Gasteiger partial charge in [-0.25, -0.2) is 9.98 Å². The van der Waals surface area contributed by atoms with Crippen LogP contribution >= 0.6 is 15.9 Å². The van der Waals surface area contributed by atoms with E-state index in [1.54, 1.807) is 18.3 Å². The second kappa shape index (κ2) is 6.19. The first-order valence-corrected chi connectivity index (χ1v) is 7.72. The lowest BCUT2D eigenvalue weighted by molar-refractivity contribution is 0.465. The summed E-state index contributed by atoms with van der Waals surface area (Å²) in [6, 6.07) is 5.97. The SMILES string of the molecule is N#CNC1=NC(c2cc(Br)ccc2O)c2c(nc(N)c(C#N)c2N)N1. The van der Waals surface area contributed by atoms with Crippen molar-refractivity contribution in [1.29, 1.82) is 10.5 Å². The van der Waals surface area contributed by atoms with Crippen molar-refractivity contribution in [1.82, 2.24) is 10.3 Å². The molecule has 0 aliphatic carbocycles. The quantitative estimate of drug-likeness (QED) is 0.355. The Kier molecular flexibility index (Phi) is 4.05. The number of pyridine rings is 1. The molecule has 1 unspecified atom stereocenters. The second-order valence-electron chi connectivity index (χ2n) is 5.10. The number of aliphatic imine (C=N–C) groups is 1. The van der Waals surface area contributed by atoms with Crippen LogP contribution in [-0.2, 0) is 0 Å². The van der Waals surface area contributed by atoms with Gasteiger partial charge in [-0.05, 0) is 18.2 Å². The molecule has 0 amide bonds. The third kappa shape index (κ3) is 2.75. The van der Waals surface area contributed by atoms with Gasteiger partial charge in [0.2, 0.25) is 5.96 Å². The molecule has 124 valence electrons. The van der Waals surface area contributed by atoms with Gasteiger partial charge in [0.25, 0.3) is 0 Å². The smallest absolute Gasteiger partial charge is 0.211 e. The molecule has 10 heteroatoms. The third-order valence-electron chi connectivity index (χ3n) is 3.64. The number of rotatable bonds is 1. The molecule has 9 nitrogen and oxygen atoms in total. The van der Waals surface area contributed by atoms with Crippen LogP contribution in [0.3, 0.4) is 0 Å². The van der Waals surface area contributed by atoms with E-state index in [2.05, 4.69) is 36.5 Å². The van der Waals surface area contributed by atoms with Crippen LogP contribution in [0.4, 0.5) is 17.3 Å². The van der Waals surface area contributed by atoms with E-state index in [4.69, 9.17) is 16.7 Å². The predicted octanol–water partition coefficient (Wildman–Crippen LogP) is 1.53. The fraction of sp³-hybridized carbons (Fsp3) is 0.0667. The summed E-state index contributed by atoms with van der Waals surface area (Å²) in [6.07, 6.45) is 1.76. The molecule has 1 aliphatic rings. The topological polar surface area (TPSA) is 169 Å². The first-order chi connectivity index (χ1) is 12.0. The fourth-order valence-electron chi connectivity index (χ4n) is 2.55. The van der Waals surface area contributed by atoms with Gasteiger partial charge in [-0.2, -0.15) is 10.5 Å². The average molecular weight is 399 g/mol. The van der Waals surface area contributed by atoms with Crippen LogP contribution in [0.25, 0.3) is 0 Å². The highest BCUT2D eigenvalue weighted by atomic mass is 79.9. The number of aromatic nitrogens is 1. The molecule has 0 saturated carbocycles. The van der Waals surface area contributed by atoms with Gasteiger partial charge in [0.15, 0.2) is 6.19 Å². The summed E-state index contributed by atoms with van der Waals surface area (Å²) < 4.78 is 0.716. The van der Waals surface area contributed by atoms with Gasteiger partial charge in [-0.1, -0.05) is 15.9 Å². The lowest BCUT2D eigenvalue weighted by atomic mass is 9.94. The molecular formula is C15H11BrN8O. The lowest BCUT2D eigenvalue weighted by Crippen LogP contribution is -2.32. The Hall–Kier alpha value is -3.50. The molecule has 7 N–H and O–H groups in total. The van der Waals surface area contributed by atoms with Gasteiger partial charge in [-0.3, -0.25) is 5.32 Å². The van der Waals surface area contributed by atoms with Gasteiger partial charge in [-0.15, -0.1) is 0 Å². The van der Waals surface area contributed by atoms with Crippen molar-refractivity contribution in [2.24, 2.45) is 4.99 Å². The number of nitrogen functional groups attached to an aromatic ring is 2. The molecule has 2 heterocycles. The van der Waals surface area contributed by atoms with Crippen molar-refractivity contribution in [2.75, 3.05) is 16.8 Å². The van der Waals surface area contributed by atoms with Crippen molar-refractivity contribution in [3.63, 3.8) is 0 Å². The summed E-state index contributed by atoms with van der Waals surface area (Å²) in [5.41, 5.74) is 12.9. The summed E-state index contributed by atoms with van der Waals surface area (Å²) in [4.78, 5) is 8.52. The molecule has 0 bridgehead atoms. The molecule has 3 rings (SSSR count). The number of guanidine groups is 1. The number of hydrogen-bond donors (Lipinski definition) is 5. The third-order valence-corrected chi connectivity index (χ3v) is 4.13. The Balaban J connectivity index is 2.30. The summed E-state index contributed by atoms with van der Waals surface area (Å²) >= 11 is 3.34. The van der Waals surface area contributed by atoms with Gasteiger partial charge in [0.1, 0.15) is 35.1 Å². The average Bonchev–Trinajstić information content (AvgIpc) is 2.57. The molecule has 1 aromatic carbocycles. The molecule has 1 aliphatic heterocycles. The molecular weight excluding hydrogens is 388 g/mol. The lowest BCUT2D eigenvalue weighted by Gasteiger charge is -2.26. The zero-order valence-electron chi connectivity index (χ0n) is 12.6. The maximum absolute atomic E-state index is 10.3. The molecule has 1 aromatic heterocycles. The highest BCUT2D eigenvalue weighted by Gasteiger charge is 2.31. The number of fused-ring (bicyclic) bond motifs is 1. The van der Waals surface area contributed by atoms with Crippen LogP contribution in [0.5, 0.6) is 5.75 Å². The largest absolute Gasteiger partial charge is 0.508 e. The Morgan fingerprint density at radius 3 is 2.76 bits per heavy atom. The van der Waals surface area contributed by atoms with E-state index in [-0.39, 0.29) is 34.6 Å². The molecule has 0 saturated heterocycles. The maximum atomic E-state index is 10.3. The van der Waals surface area contributed by atoms with Crippen molar-refractivity contribution >= 4 is 39.2 Å². The minimum atomic E-state index is -0.787. The minimum absolute atomic E-state index is 0.0177. The molecule has 2 aromatic rings. The van der Waals surface area contributed by atoms with Crippen molar-refractivity contribution < 1.29 is 5.11 Å². The number of nitriles is 2. The van der Waals surface area contributed by atoms with Crippen LogP contribution < -0.4 is 22.1 Å². The van der Waals surface area contributed by atoms with Crippen molar-refractivity contribution in [3.8, 4) is 18.0 Å². The molecule has 0 spiro atoms. The van der Waals surface area contributed by atoms with Gasteiger partial charge < -0.3 is 21.9 Å². The van der Waals surface area contributed by atoms with E-state index >= 15 is 0 Å². The van der Waals surface area contributed by atoms with Crippen molar-refractivity contribution in [2.45, 2.75) is 6.04 Å². The number of aromatic hydroxyl groups is 1. The number of benzene rings is 1. The van der Waals surface area contributed by atoms with E-state index < -0.39 is 6.04 Å². The Labute approximate surface area is 150 Å². The van der Waals surface area contributed by atoms with Crippen LogP contribution in [0.2, 0.25) is 0 Å². The zero-order valence-corrected chi connectivity index (χ0v) is 14.2. The van der Waals surface area contributed by atoms with Crippen LogP contribution in [0, 0.1) is 22.8 Å². The van der Waals surface area contributed by atoms with Gasteiger partial charge in [0, 0.05) is 15.6 Å². The standard InChI is InChI=1S/C15H11BrN8O/c16-6-1-2-9(25)7(3-6)12-10-11(19)8(4-17)13(20)23-14(10)24-15(22-12)21-5-18/h1-3,12,25H,(H6,19,20,21,22,23,24). The Morgan fingerprint density at radius 1 is 1.32 bits per heavy atom. The van der Waals surface area contributed by atoms with Gasteiger partial charge in [0.05, 0.1) is 5.69 Å². The summed E-state index contributed by atoms with van der Waals surface area (Å²) in [5, 5.41) is 33.6. The minimum Gasteiger partial charge on any atom is -0.508 e. The monoisotopic (exact) mass is 398 g/mol. The van der Waals surface area contributed by atoms with E-state index in [1.807, 2.05) is 6.07 Å². The Morgan fingerprint density at radius 2 is 2.08 bits per heavy atom. The summed E-state index contributed by atoms with van der Waals surface area (Å²) in [6.45, 7) is 0. The highest BCUT2D eigenvalue weighted by Crippen LogP contribution is 2.43. The number of nitrogens with one attached hydrogen (secondary N) is 2. The van der Waals surface area contributed by atoms with Gasteiger partial charge >= 0.3 is 0 Å². The fourth-order valence-corrected chi connectivity index (χ4v) is 2.93. The normalized spacial score (nSPS) is 15.2.